The second-order valence-electron chi connectivity index (χ2n) is 3.24. The summed E-state index contributed by atoms with van der Waals surface area (Å²) in [4.78, 5) is 15.8. The first-order valence-electron chi connectivity index (χ1n) is 4.96. The molecule has 4 heteroatoms. The van der Waals surface area contributed by atoms with Crippen molar-refractivity contribution < 1.29 is 9.53 Å². The number of ether oxygens (including phenoxy) is 1. The van der Waals surface area contributed by atoms with Crippen LogP contribution in [0.3, 0.4) is 0 Å². The van der Waals surface area contributed by atoms with Gasteiger partial charge in [0.15, 0.2) is 0 Å². The largest absolute Gasteiger partial charge is 0.461 e. The number of carbonyl (C=O) groups is 1. The number of thiazole rings is 1. The first kappa shape index (κ1) is 10.8. The van der Waals surface area contributed by atoms with Gasteiger partial charge in [0.25, 0.3) is 0 Å². The molecule has 82 valence electrons. The molecule has 0 N–H and O–H groups in total. The van der Waals surface area contributed by atoms with Crippen molar-refractivity contribution >= 4 is 17.3 Å². The van der Waals surface area contributed by atoms with Gasteiger partial charge in [-0.15, -0.1) is 11.3 Å². The monoisotopic (exact) mass is 233 g/mol. The number of hydrogen-bond acceptors (Lipinski definition) is 4. The van der Waals surface area contributed by atoms with E-state index in [-0.39, 0.29) is 5.97 Å². The van der Waals surface area contributed by atoms with Gasteiger partial charge in [0.2, 0.25) is 0 Å². The summed E-state index contributed by atoms with van der Waals surface area (Å²) in [5.74, 6) is -0.293. The van der Waals surface area contributed by atoms with Crippen LogP contribution in [0.25, 0.3) is 0 Å². The lowest BCUT2D eigenvalue weighted by Crippen LogP contribution is -2.06. The lowest BCUT2D eigenvalue weighted by Gasteiger charge is -2.02. The Labute approximate surface area is 97.7 Å². The van der Waals surface area contributed by atoms with Crippen LogP contribution in [-0.4, -0.2) is 17.6 Å². The van der Waals surface area contributed by atoms with Crippen LogP contribution < -0.4 is 0 Å². The van der Waals surface area contributed by atoms with Gasteiger partial charge in [0, 0.05) is 6.42 Å². The van der Waals surface area contributed by atoms with Crippen molar-refractivity contribution in [1.82, 2.24) is 4.98 Å². The zero-order valence-corrected chi connectivity index (χ0v) is 9.44. The summed E-state index contributed by atoms with van der Waals surface area (Å²) >= 11 is 1.29. The average molecular weight is 233 g/mol. The molecule has 0 radical (unpaired) electrons. The van der Waals surface area contributed by atoms with Crippen molar-refractivity contribution in [1.29, 1.82) is 0 Å². The van der Waals surface area contributed by atoms with Gasteiger partial charge in [-0.05, 0) is 5.56 Å². The second kappa shape index (κ2) is 5.42. The number of carbonyl (C=O) groups excluding carboxylic acids is 1. The predicted octanol–water partition coefficient (Wildman–Crippen LogP) is 2.54. The number of hydrogen-bond donors (Lipinski definition) is 0. The molecule has 0 unspecified atom stereocenters. The van der Waals surface area contributed by atoms with Gasteiger partial charge in [-0.2, -0.15) is 0 Å². The molecule has 0 fully saturated rings. The summed E-state index contributed by atoms with van der Waals surface area (Å²) < 4.78 is 5.12. The molecular formula is C12H11NO2S. The molecule has 2 aromatic rings. The maximum absolute atomic E-state index is 11.4. The molecule has 0 spiro atoms. The van der Waals surface area contributed by atoms with E-state index in [1.54, 1.807) is 5.51 Å². The fraction of sp³-hybridized carbons (Fsp3) is 0.167. The summed E-state index contributed by atoms with van der Waals surface area (Å²) in [6.07, 6.45) is 2.26. The molecular weight excluding hydrogens is 222 g/mol. The van der Waals surface area contributed by atoms with Crippen LogP contribution in [0, 0.1) is 0 Å². The van der Waals surface area contributed by atoms with Crippen LogP contribution in [-0.2, 0) is 11.2 Å². The Morgan fingerprint density at radius 3 is 2.81 bits per heavy atom. The zero-order valence-electron chi connectivity index (χ0n) is 8.63. The summed E-state index contributed by atoms with van der Waals surface area (Å²) in [6, 6.07) is 9.94. The molecule has 0 atom stereocenters. The molecule has 1 aromatic heterocycles. The first-order chi connectivity index (χ1) is 7.86. The number of esters is 1. The molecule has 1 aromatic carbocycles. The van der Waals surface area contributed by atoms with Crippen molar-refractivity contribution in [3.05, 3.63) is 52.5 Å². The van der Waals surface area contributed by atoms with Crippen molar-refractivity contribution in [2.45, 2.75) is 6.42 Å². The van der Waals surface area contributed by atoms with E-state index >= 15 is 0 Å². The third-order valence-electron chi connectivity index (χ3n) is 2.10. The number of aromatic nitrogens is 1. The van der Waals surface area contributed by atoms with E-state index < -0.39 is 0 Å². The molecule has 0 bridgehead atoms. The Bertz CT molecular complexity index is 439. The third kappa shape index (κ3) is 2.90. The van der Waals surface area contributed by atoms with Gasteiger partial charge in [-0.1, -0.05) is 30.3 Å². The standard InChI is InChI=1S/C12H11NO2S/c14-12(11-8-13-9-16-11)15-7-6-10-4-2-1-3-5-10/h1-5,8-9H,6-7H2. The van der Waals surface area contributed by atoms with E-state index in [9.17, 15) is 4.79 Å². The Kier molecular flexibility index (Phi) is 3.66. The zero-order chi connectivity index (χ0) is 11.2. The molecule has 3 nitrogen and oxygen atoms in total. The van der Waals surface area contributed by atoms with Gasteiger partial charge in [0.05, 0.1) is 18.3 Å². The van der Waals surface area contributed by atoms with Crippen molar-refractivity contribution in [3.8, 4) is 0 Å². The van der Waals surface area contributed by atoms with E-state index in [0.717, 1.165) is 6.42 Å². The maximum atomic E-state index is 11.4. The van der Waals surface area contributed by atoms with Crippen molar-refractivity contribution in [3.63, 3.8) is 0 Å². The van der Waals surface area contributed by atoms with Gasteiger partial charge in [-0.25, -0.2) is 4.79 Å². The smallest absolute Gasteiger partial charge is 0.349 e. The van der Waals surface area contributed by atoms with Crippen LogP contribution in [0.15, 0.2) is 42.0 Å². The fourth-order valence-corrected chi connectivity index (χ4v) is 1.81. The van der Waals surface area contributed by atoms with Crippen LogP contribution >= 0.6 is 11.3 Å². The molecule has 0 saturated carbocycles. The Balaban J connectivity index is 1.79. The van der Waals surface area contributed by atoms with Crippen LogP contribution in [0.1, 0.15) is 15.2 Å². The van der Waals surface area contributed by atoms with Gasteiger partial charge >= 0.3 is 5.97 Å². The van der Waals surface area contributed by atoms with Crippen molar-refractivity contribution in [2.24, 2.45) is 0 Å². The summed E-state index contributed by atoms with van der Waals surface area (Å²) in [5.41, 5.74) is 2.79. The summed E-state index contributed by atoms with van der Waals surface area (Å²) in [7, 11) is 0. The first-order valence-corrected chi connectivity index (χ1v) is 5.84. The molecule has 0 saturated heterocycles. The average Bonchev–Trinajstić information content (AvgIpc) is 2.84. The summed E-state index contributed by atoms with van der Waals surface area (Å²) in [6.45, 7) is 0.404. The molecule has 0 aliphatic rings. The molecule has 0 aliphatic heterocycles. The fourth-order valence-electron chi connectivity index (χ4n) is 1.29. The van der Waals surface area contributed by atoms with Crippen LogP contribution in [0.5, 0.6) is 0 Å². The number of nitrogens with zero attached hydrogens (tertiary/aromatic N) is 1. The highest BCUT2D eigenvalue weighted by Gasteiger charge is 2.07. The predicted molar refractivity (Wildman–Crippen MR) is 62.5 cm³/mol. The highest BCUT2D eigenvalue weighted by molar-refractivity contribution is 7.11. The Morgan fingerprint density at radius 1 is 1.31 bits per heavy atom. The highest BCUT2D eigenvalue weighted by atomic mass is 32.1. The second-order valence-corrected chi connectivity index (χ2v) is 4.12. The quantitative estimate of drug-likeness (QED) is 0.762. The SMILES string of the molecule is O=C(OCCc1ccccc1)c1cncs1. The van der Waals surface area contributed by atoms with Crippen molar-refractivity contribution in [2.75, 3.05) is 6.61 Å². The Hall–Kier alpha value is -1.68. The minimum atomic E-state index is -0.293. The van der Waals surface area contributed by atoms with E-state index in [1.165, 1.54) is 23.1 Å². The van der Waals surface area contributed by atoms with Gasteiger partial charge < -0.3 is 4.74 Å². The van der Waals surface area contributed by atoms with E-state index in [0.29, 0.717) is 11.5 Å². The van der Waals surface area contributed by atoms with Crippen LogP contribution in [0.2, 0.25) is 0 Å². The topological polar surface area (TPSA) is 39.2 Å². The van der Waals surface area contributed by atoms with Gasteiger partial charge in [0.1, 0.15) is 4.88 Å². The molecule has 0 aliphatic carbocycles. The van der Waals surface area contributed by atoms with E-state index in [4.69, 9.17) is 4.74 Å². The Morgan fingerprint density at radius 2 is 2.12 bits per heavy atom. The summed E-state index contributed by atoms with van der Waals surface area (Å²) in [5, 5.41) is 0. The number of rotatable bonds is 4. The normalized spacial score (nSPS) is 10.0. The lowest BCUT2D eigenvalue weighted by molar-refractivity contribution is 0.0515. The third-order valence-corrected chi connectivity index (χ3v) is 2.85. The minimum Gasteiger partial charge on any atom is -0.461 e. The highest BCUT2D eigenvalue weighted by Crippen LogP contribution is 2.07. The lowest BCUT2D eigenvalue weighted by atomic mass is 10.2. The van der Waals surface area contributed by atoms with Gasteiger partial charge in [-0.3, -0.25) is 4.98 Å². The molecule has 16 heavy (non-hydrogen) atoms. The van der Waals surface area contributed by atoms with Crippen LogP contribution in [0.4, 0.5) is 0 Å². The molecule has 0 amide bonds. The van der Waals surface area contributed by atoms with E-state index in [1.807, 2.05) is 30.3 Å². The minimum absolute atomic E-state index is 0.293. The molecule has 1 heterocycles. The molecule has 2 rings (SSSR count). The maximum Gasteiger partial charge on any atom is 0.349 e. The number of benzene rings is 1. The van der Waals surface area contributed by atoms with E-state index in [2.05, 4.69) is 4.98 Å².